The molecule has 142 heavy (non-hydrogen) atoms. The molecule has 656 valence electrons. The highest BCUT2D eigenvalue weighted by molar-refractivity contribution is 6.24. The molecule has 0 atom stereocenters. The van der Waals surface area contributed by atoms with Gasteiger partial charge in [-0.2, -0.15) is 0 Å². The first kappa shape index (κ1) is 81.1. The smallest absolute Gasteiger partial charge is 0.0978 e. The van der Waals surface area contributed by atoms with Crippen LogP contribution >= 0.6 is 0 Å². The van der Waals surface area contributed by atoms with Crippen LogP contribution in [0.2, 0.25) is 0 Å². The standard InChI is InChI=1S/C50H30N4.C42H24N4.C38H22N4/c1-3-11-31(12-4-1)41-29-25-35-23-27-39-45(37-15-7-9-17-43(37)53-49(39)47(35)51-41)33-19-21-34(22-20-33)46-38-16-8-10-18-44(38)54-50-40(46)28-24-36-26-30-42(52-48(36)50)32-13-5-2-6-14-32;1-3-11-35-31(9-1)37(33-19-17-25-7-5-21-43-39(25)41(33)45-35)29-15-13-28-24-30(16-14-27(28)23-29)38-32-10-2-4-12-36(32)46-42-34(38)20-18-26-8-6-22-44-40(26)42;1-3-11-31-27(9-1)33(29-19-17-25-7-5-21-39-35(25)37(29)41-31)23-13-15-24(16-14-23)34-28-10-2-4-12-32(28)42-38-30(34)20-18-26-8-6-22-40-36(26)38/h1-30H;1-24H;1-22H. The first-order chi connectivity index (χ1) is 70.4. The number of benzene rings is 18. The predicted molar refractivity (Wildman–Crippen MR) is 589 cm³/mol. The molecular weight excluding hydrogens is 1730 g/mol. The molecule has 0 bridgehead atoms. The zero-order chi connectivity index (χ0) is 93.4. The molecule has 0 aliphatic heterocycles. The minimum Gasteiger partial charge on any atom is -0.254 e. The largest absolute Gasteiger partial charge is 0.254 e. The van der Waals surface area contributed by atoms with Crippen LogP contribution in [-0.2, 0) is 0 Å². The fourth-order valence-electron chi connectivity index (χ4n) is 21.6. The van der Waals surface area contributed by atoms with Gasteiger partial charge in [-0.1, -0.05) is 352 Å². The molecule has 12 heteroatoms. The van der Waals surface area contributed by atoms with Gasteiger partial charge in [-0.3, -0.25) is 19.9 Å². The van der Waals surface area contributed by atoms with Crippen LogP contribution in [0.5, 0.6) is 0 Å². The molecular formula is C130H76N12. The summed E-state index contributed by atoms with van der Waals surface area (Å²) in [4.78, 5) is 60.1. The Bertz CT molecular complexity index is 9930. The third kappa shape index (κ3) is 13.6. The van der Waals surface area contributed by atoms with Gasteiger partial charge >= 0.3 is 0 Å². The number of aromatic nitrogens is 12. The van der Waals surface area contributed by atoms with Crippen LogP contribution in [0.25, 0.3) is 296 Å². The van der Waals surface area contributed by atoms with E-state index in [1.165, 1.54) is 33.0 Å². The topological polar surface area (TPSA) is 155 Å². The molecule has 0 saturated carbocycles. The highest BCUT2D eigenvalue weighted by atomic mass is 14.8. The molecule has 12 aromatic heterocycles. The van der Waals surface area contributed by atoms with Crippen LogP contribution in [0, 0.1) is 0 Å². The highest BCUT2D eigenvalue weighted by Gasteiger charge is 2.25. The van der Waals surface area contributed by atoms with Gasteiger partial charge in [-0.05, 0) is 129 Å². The van der Waals surface area contributed by atoms with Crippen molar-refractivity contribution in [2.75, 3.05) is 0 Å². The Labute approximate surface area is 812 Å². The Morgan fingerprint density at radius 2 is 0.317 bits per heavy atom. The molecule has 18 aromatic carbocycles. The van der Waals surface area contributed by atoms with Crippen molar-refractivity contribution in [3.8, 4) is 89.3 Å². The van der Waals surface area contributed by atoms with E-state index in [1.54, 1.807) is 0 Å². The fraction of sp³-hybridized carbons (Fsp3) is 0. The maximum atomic E-state index is 5.24. The molecule has 0 spiro atoms. The lowest BCUT2D eigenvalue weighted by Gasteiger charge is -2.15. The van der Waals surface area contributed by atoms with Crippen molar-refractivity contribution in [2.45, 2.75) is 0 Å². The fourth-order valence-corrected chi connectivity index (χ4v) is 21.6. The van der Waals surface area contributed by atoms with Crippen molar-refractivity contribution in [1.29, 1.82) is 0 Å². The second-order valence-electron chi connectivity index (χ2n) is 36.3. The maximum Gasteiger partial charge on any atom is 0.0978 e. The van der Waals surface area contributed by atoms with E-state index in [0.29, 0.717) is 0 Å². The second-order valence-corrected chi connectivity index (χ2v) is 36.3. The monoisotopic (exact) mass is 1800 g/mol. The molecule has 0 fully saturated rings. The average Bonchev–Trinajstić information content (AvgIpc) is 0.730. The van der Waals surface area contributed by atoms with Gasteiger partial charge in [0.05, 0.1) is 111 Å². The van der Waals surface area contributed by atoms with E-state index in [-0.39, 0.29) is 0 Å². The molecule has 0 saturated heterocycles. The normalized spacial score (nSPS) is 11.8. The summed E-state index contributed by atoms with van der Waals surface area (Å²) in [7, 11) is 0. The molecule has 30 aromatic rings. The summed E-state index contributed by atoms with van der Waals surface area (Å²) in [5.41, 5.74) is 34.8. The Kier molecular flexibility index (Phi) is 19.0. The number of nitrogens with zero attached hydrogens (tertiary/aromatic N) is 12. The van der Waals surface area contributed by atoms with Crippen LogP contribution in [-0.4, -0.2) is 59.8 Å². The summed E-state index contributed by atoms with van der Waals surface area (Å²) < 4.78 is 0. The van der Waals surface area contributed by atoms with Crippen LogP contribution in [0.1, 0.15) is 0 Å². The first-order valence-corrected chi connectivity index (χ1v) is 47.8. The minimum atomic E-state index is 0.906. The lowest BCUT2D eigenvalue weighted by Crippen LogP contribution is -1.94. The van der Waals surface area contributed by atoms with Crippen LogP contribution in [0.15, 0.2) is 462 Å². The van der Waals surface area contributed by atoms with Crippen molar-refractivity contribution < 1.29 is 0 Å². The number of hydrogen-bond donors (Lipinski definition) is 0. The van der Waals surface area contributed by atoms with Crippen molar-refractivity contribution in [1.82, 2.24) is 59.8 Å². The summed E-state index contributed by atoms with van der Waals surface area (Å²) in [6.45, 7) is 0. The van der Waals surface area contributed by atoms with Crippen LogP contribution in [0.4, 0.5) is 0 Å². The van der Waals surface area contributed by atoms with Gasteiger partial charge in [-0.15, -0.1) is 0 Å². The molecule has 0 amide bonds. The number of fused-ring (bicyclic) bond motifs is 25. The summed E-state index contributed by atoms with van der Waals surface area (Å²) in [6.07, 6.45) is 7.38. The van der Waals surface area contributed by atoms with Gasteiger partial charge in [-0.25, -0.2) is 39.9 Å². The van der Waals surface area contributed by atoms with E-state index >= 15 is 0 Å². The van der Waals surface area contributed by atoms with E-state index in [4.69, 9.17) is 59.8 Å². The van der Waals surface area contributed by atoms with Crippen LogP contribution in [0.3, 0.4) is 0 Å². The van der Waals surface area contributed by atoms with E-state index in [0.717, 1.165) is 263 Å². The number of pyridine rings is 12. The number of hydrogen-bond acceptors (Lipinski definition) is 12. The lowest BCUT2D eigenvalue weighted by molar-refractivity contribution is 1.39. The van der Waals surface area contributed by atoms with Crippen molar-refractivity contribution in [3.63, 3.8) is 0 Å². The third-order valence-corrected chi connectivity index (χ3v) is 28.2. The van der Waals surface area contributed by atoms with Gasteiger partial charge in [0.25, 0.3) is 0 Å². The molecule has 0 unspecified atom stereocenters. The Morgan fingerprint density at radius 1 is 0.113 bits per heavy atom. The summed E-state index contributed by atoms with van der Waals surface area (Å²) in [6, 6.07) is 154. The third-order valence-electron chi connectivity index (χ3n) is 28.2. The molecule has 0 aliphatic rings. The summed E-state index contributed by atoms with van der Waals surface area (Å²) in [5.74, 6) is 0. The summed E-state index contributed by atoms with van der Waals surface area (Å²) in [5, 5.41) is 22.2. The number of rotatable bonds is 8. The first-order valence-electron chi connectivity index (χ1n) is 47.8. The van der Waals surface area contributed by atoms with E-state index in [2.05, 4.69) is 388 Å². The average molecular weight is 1810 g/mol. The van der Waals surface area contributed by atoms with Gasteiger partial charge in [0.1, 0.15) is 0 Å². The quantitative estimate of drug-likeness (QED) is 0.105. The minimum absolute atomic E-state index is 0.906. The van der Waals surface area contributed by atoms with Crippen molar-refractivity contribution >= 4 is 207 Å². The molecule has 0 radical (unpaired) electrons. The zero-order valence-corrected chi connectivity index (χ0v) is 76.2. The van der Waals surface area contributed by atoms with Gasteiger partial charge in [0, 0.05) is 166 Å². The van der Waals surface area contributed by atoms with E-state index in [1.807, 2.05) is 73.3 Å². The van der Waals surface area contributed by atoms with E-state index in [9.17, 15) is 0 Å². The Hall–Kier alpha value is -19.3. The van der Waals surface area contributed by atoms with Gasteiger partial charge in [0.15, 0.2) is 0 Å². The van der Waals surface area contributed by atoms with Gasteiger partial charge in [0.2, 0.25) is 0 Å². The molecule has 0 aliphatic carbocycles. The summed E-state index contributed by atoms with van der Waals surface area (Å²) >= 11 is 0. The van der Waals surface area contributed by atoms with Crippen molar-refractivity contribution in [2.24, 2.45) is 0 Å². The molecule has 0 N–H and O–H groups in total. The van der Waals surface area contributed by atoms with E-state index < -0.39 is 0 Å². The lowest BCUT2D eigenvalue weighted by atomic mass is 9.91. The second kappa shape index (κ2) is 33.3. The van der Waals surface area contributed by atoms with Crippen LogP contribution < -0.4 is 0 Å². The Morgan fingerprint density at radius 3 is 0.577 bits per heavy atom. The predicted octanol–water partition coefficient (Wildman–Crippen LogP) is 33.0. The Balaban J connectivity index is 0.000000105. The number of para-hydroxylation sites is 6. The molecule has 12 nitrogen and oxygen atoms in total. The van der Waals surface area contributed by atoms with Gasteiger partial charge < -0.3 is 0 Å². The highest BCUT2D eigenvalue weighted by Crippen LogP contribution is 2.48. The SMILES string of the molecule is c1ccc(-c2ccc3ccc4c(-c5ccc(-c6c7ccccc7nc7c6ccc6ccc(-c8ccccc8)nc67)cc5)c5ccccc5nc4c3n2)cc1.c1cnc2c(c1)ccc1c(-c3ccc(-c4c5ccccc5nc5c4ccc4cccnc45)cc3)c3ccccc3nc12.c1cnc2c(c1)ccc1c(-c3ccc4cc(-c5c6ccccc6nc6c5ccc5cccnc56)ccc4c3)c3ccccc3nc12. The molecule has 30 rings (SSSR count). The maximum absolute atomic E-state index is 5.24. The molecule has 12 heterocycles. The van der Waals surface area contributed by atoms with Crippen molar-refractivity contribution in [3.05, 3.63) is 462 Å². The zero-order valence-electron chi connectivity index (χ0n) is 76.2.